The van der Waals surface area contributed by atoms with E-state index in [4.69, 9.17) is 4.74 Å². The quantitative estimate of drug-likeness (QED) is 0.711. The minimum absolute atomic E-state index is 0.971. The van der Waals surface area contributed by atoms with Crippen LogP contribution in [0.3, 0.4) is 0 Å². The smallest absolute Gasteiger partial charge is 0.118 e. The van der Waals surface area contributed by atoms with Crippen LogP contribution in [0.5, 0.6) is 5.75 Å². The summed E-state index contributed by atoms with van der Waals surface area (Å²) in [5.41, 5.74) is 4.18. The van der Waals surface area contributed by atoms with Gasteiger partial charge in [0.1, 0.15) is 13.8 Å². The van der Waals surface area contributed by atoms with Crippen LogP contribution in [0.15, 0.2) is 36.4 Å². The molecule has 1 aliphatic heterocycles. The molecule has 0 fully saturated rings. The number of benzene rings is 2. The molecule has 1 heterocycles. The maximum absolute atomic E-state index is 5.38. The predicted molar refractivity (Wildman–Crippen MR) is 79.9 cm³/mol. The second-order valence-electron chi connectivity index (χ2n) is 5.59. The molecule has 0 radical (unpaired) electrons. The van der Waals surface area contributed by atoms with E-state index in [1.165, 1.54) is 21.9 Å². The van der Waals surface area contributed by atoms with Crippen molar-refractivity contribution in [2.24, 2.45) is 0 Å². The first-order chi connectivity index (χ1) is 8.54. The molecule has 2 heteroatoms. The minimum Gasteiger partial charge on any atom is -0.497 e. The molecule has 0 bridgehead atoms. The molecule has 0 saturated carbocycles. The zero-order chi connectivity index (χ0) is 12.9. The van der Waals surface area contributed by atoms with Gasteiger partial charge in [0.05, 0.1) is 7.11 Å². The Kier molecular flexibility index (Phi) is 2.39. The summed E-state index contributed by atoms with van der Waals surface area (Å²) in [4.78, 5) is 0. The van der Waals surface area contributed by atoms with Gasteiger partial charge in [-0.15, -0.1) is 0 Å². The normalized spacial score (nSPS) is 15.1. The molecule has 1 aliphatic rings. The summed E-state index contributed by atoms with van der Waals surface area (Å²) in [6.45, 7) is 7.01. The molecular formula is C16H18OSi. The molecule has 2 aromatic rings. The molecule has 0 unspecified atom stereocenters. The Morgan fingerprint density at radius 1 is 0.889 bits per heavy atom. The zero-order valence-corrected chi connectivity index (χ0v) is 12.4. The average Bonchev–Trinajstić information content (AvgIpc) is 2.58. The van der Waals surface area contributed by atoms with Crippen molar-refractivity contribution >= 4 is 18.4 Å². The van der Waals surface area contributed by atoms with Gasteiger partial charge in [-0.3, -0.25) is 0 Å². The van der Waals surface area contributed by atoms with Gasteiger partial charge in [-0.1, -0.05) is 42.9 Å². The van der Waals surface area contributed by atoms with Crippen molar-refractivity contribution in [2.45, 2.75) is 20.0 Å². The van der Waals surface area contributed by atoms with Crippen molar-refractivity contribution in [3.05, 3.63) is 42.0 Å². The maximum Gasteiger partial charge on any atom is 0.118 e. The van der Waals surface area contributed by atoms with Crippen LogP contribution in [0, 0.1) is 6.92 Å². The molecule has 2 aromatic carbocycles. The predicted octanol–water partition coefficient (Wildman–Crippen LogP) is 2.81. The molecule has 18 heavy (non-hydrogen) atoms. The molecule has 0 saturated heterocycles. The topological polar surface area (TPSA) is 9.23 Å². The highest BCUT2D eigenvalue weighted by molar-refractivity contribution is 7.03. The van der Waals surface area contributed by atoms with Gasteiger partial charge in [-0.05, 0) is 40.6 Å². The monoisotopic (exact) mass is 254 g/mol. The average molecular weight is 254 g/mol. The lowest BCUT2D eigenvalue weighted by atomic mass is 10.0. The lowest BCUT2D eigenvalue weighted by molar-refractivity contribution is 0.415. The van der Waals surface area contributed by atoms with E-state index in [1.54, 1.807) is 12.3 Å². The van der Waals surface area contributed by atoms with Crippen molar-refractivity contribution in [3.8, 4) is 16.9 Å². The van der Waals surface area contributed by atoms with Gasteiger partial charge in [-0.25, -0.2) is 0 Å². The van der Waals surface area contributed by atoms with Crippen molar-refractivity contribution < 1.29 is 4.74 Å². The standard InChI is InChI=1S/C16H18OSi/c1-11-5-8-15-14(9-11)13-7-6-12(17-2)10-16(13)18(15,3)4/h5-10H,1-4H3. The van der Waals surface area contributed by atoms with Crippen LogP contribution >= 0.6 is 0 Å². The third-order valence-electron chi connectivity index (χ3n) is 4.04. The number of fused-ring (bicyclic) bond motifs is 3. The first-order valence-electron chi connectivity index (χ1n) is 6.34. The fraction of sp³-hybridized carbons (Fsp3) is 0.250. The summed E-state index contributed by atoms with van der Waals surface area (Å²) in [6.07, 6.45) is 0. The van der Waals surface area contributed by atoms with Crippen LogP contribution in [-0.2, 0) is 0 Å². The number of hydrogen-bond acceptors (Lipinski definition) is 1. The van der Waals surface area contributed by atoms with E-state index in [0.29, 0.717) is 0 Å². The van der Waals surface area contributed by atoms with Gasteiger partial charge in [-0.2, -0.15) is 0 Å². The number of rotatable bonds is 1. The highest BCUT2D eigenvalue weighted by atomic mass is 28.3. The number of aryl methyl sites for hydroxylation is 1. The Bertz CT molecular complexity index is 629. The van der Waals surface area contributed by atoms with E-state index in [-0.39, 0.29) is 0 Å². The van der Waals surface area contributed by atoms with E-state index in [2.05, 4.69) is 56.4 Å². The second-order valence-corrected chi connectivity index (χ2v) is 9.91. The summed E-state index contributed by atoms with van der Waals surface area (Å²) in [5.74, 6) is 0.971. The first kappa shape index (κ1) is 11.5. The van der Waals surface area contributed by atoms with Gasteiger partial charge >= 0.3 is 0 Å². The van der Waals surface area contributed by atoms with Crippen LogP contribution in [0.1, 0.15) is 5.56 Å². The summed E-state index contributed by atoms with van der Waals surface area (Å²) < 4.78 is 5.38. The highest BCUT2D eigenvalue weighted by Crippen LogP contribution is 2.30. The van der Waals surface area contributed by atoms with Crippen molar-refractivity contribution in [3.63, 3.8) is 0 Å². The van der Waals surface area contributed by atoms with Crippen molar-refractivity contribution in [1.29, 1.82) is 0 Å². The lowest BCUT2D eigenvalue weighted by Gasteiger charge is -2.19. The van der Waals surface area contributed by atoms with Crippen LogP contribution in [0.25, 0.3) is 11.1 Å². The SMILES string of the molecule is COc1ccc2c(c1)[Si](C)(C)c1ccc(C)cc1-2. The fourth-order valence-electron chi connectivity index (χ4n) is 2.97. The third-order valence-corrected chi connectivity index (χ3v) is 7.58. The summed E-state index contributed by atoms with van der Waals surface area (Å²) in [6, 6.07) is 13.4. The summed E-state index contributed by atoms with van der Waals surface area (Å²) in [5, 5.41) is 3.05. The molecule has 0 aliphatic carbocycles. The number of ether oxygens (including phenoxy) is 1. The summed E-state index contributed by atoms with van der Waals surface area (Å²) >= 11 is 0. The zero-order valence-electron chi connectivity index (χ0n) is 11.4. The van der Waals surface area contributed by atoms with Crippen molar-refractivity contribution in [2.75, 3.05) is 7.11 Å². The van der Waals surface area contributed by atoms with Gasteiger partial charge < -0.3 is 4.74 Å². The van der Waals surface area contributed by atoms with Gasteiger partial charge in [0.15, 0.2) is 0 Å². The fourth-order valence-corrected chi connectivity index (χ4v) is 6.04. The number of methoxy groups -OCH3 is 1. The van der Waals surface area contributed by atoms with Crippen LogP contribution in [-0.4, -0.2) is 15.2 Å². The van der Waals surface area contributed by atoms with E-state index in [9.17, 15) is 0 Å². The molecule has 0 aromatic heterocycles. The van der Waals surface area contributed by atoms with E-state index >= 15 is 0 Å². The van der Waals surface area contributed by atoms with Gasteiger partial charge in [0, 0.05) is 0 Å². The van der Waals surface area contributed by atoms with Gasteiger partial charge in [0.2, 0.25) is 0 Å². The Balaban J connectivity index is 2.32. The highest BCUT2D eigenvalue weighted by Gasteiger charge is 2.37. The molecule has 0 amide bonds. The first-order valence-corrected chi connectivity index (χ1v) is 9.34. The molecule has 0 atom stereocenters. The van der Waals surface area contributed by atoms with Crippen molar-refractivity contribution in [1.82, 2.24) is 0 Å². The molecule has 3 rings (SSSR count). The Hall–Kier alpha value is -1.54. The third kappa shape index (κ3) is 1.45. The largest absolute Gasteiger partial charge is 0.497 e. The van der Waals surface area contributed by atoms with Crippen LogP contribution in [0.4, 0.5) is 0 Å². The van der Waals surface area contributed by atoms with E-state index in [1.807, 2.05) is 0 Å². The molecule has 1 nitrogen and oxygen atoms in total. The Labute approximate surface area is 109 Å². The molecular weight excluding hydrogens is 236 g/mol. The van der Waals surface area contributed by atoms with E-state index in [0.717, 1.165) is 5.75 Å². The summed E-state index contributed by atoms with van der Waals surface area (Å²) in [7, 11) is 0.207. The van der Waals surface area contributed by atoms with Crippen LogP contribution < -0.4 is 15.1 Å². The molecule has 0 spiro atoms. The maximum atomic E-state index is 5.38. The minimum atomic E-state index is -1.53. The van der Waals surface area contributed by atoms with Crippen LogP contribution in [0.2, 0.25) is 13.1 Å². The molecule has 0 N–H and O–H groups in total. The second kappa shape index (κ2) is 3.72. The van der Waals surface area contributed by atoms with Gasteiger partial charge in [0.25, 0.3) is 0 Å². The molecule has 92 valence electrons. The Morgan fingerprint density at radius 3 is 2.39 bits per heavy atom. The lowest BCUT2D eigenvalue weighted by Crippen LogP contribution is -2.49. The Morgan fingerprint density at radius 2 is 1.67 bits per heavy atom. The number of hydrogen-bond donors (Lipinski definition) is 0. The van der Waals surface area contributed by atoms with E-state index < -0.39 is 8.07 Å².